The van der Waals surface area contributed by atoms with E-state index < -0.39 is 0 Å². The highest BCUT2D eigenvalue weighted by Crippen LogP contribution is 2.01. The standard InChI is InChI=1S/C7H15N5/c1-5(2)12-4-10-7(9-3)11-6(12)8/h5H,4H2,1-3H3,(H3,8,9,10,11). The number of nitrogens with one attached hydrogen (secondary N) is 1. The Morgan fingerprint density at radius 3 is 2.67 bits per heavy atom. The Balaban J connectivity index is 2.70. The Morgan fingerprint density at radius 2 is 2.25 bits per heavy atom. The van der Waals surface area contributed by atoms with Crippen LogP contribution in [0.1, 0.15) is 13.8 Å². The maximum atomic E-state index is 5.70. The third kappa shape index (κ3) is 1.66. The van der Waals surface area contributed by atoms with Gasteiger partial charge >= 0.3 is 0 Å². The van der Waals surface area contributed by atoms with Crippen molar-refractivity contribution in [1.29, 1.82) is 0 Å². The van der Waals surface area contributed by atoms with Gasteiger partial charge in [-0.25, -0.2) is 4.99 Å². The molecule has 0 saturated heterocycles. The van der Waals surface area contributed by atoms with Crippen LogP contribution < -0.4 is 11.1 Å². The molecule has 3 N–H and O–H groups in total. The lowest BCUT2D eigenvalue weighted by atomic mass is 10.3. The van der Waals surface area contributed by atoms with Gasteiger partial charge in [0.1, 0.15) is 6.67 Å². The van der Waals surface area contributed by atoms with Crippen LogP contribution in [0.2, 0.25) is 0 Å². The lowest BCUT2D eigenvalue weighted by Gasteiger charge is -2.28. The minimum absolute atomic E-state index is 0.343. The third-order valence-corrected chi connectivity index (χ3v) is 1.73. The molecule has 0 aromatic rings. The molecule has 5 heteroatoms. The van der Waals surface area contributed by atoms with Crippen molar-refractivity contribution >= 4 is 11.9 Å². The number of guanidine groups is 2. The minimum Gasteiger partial charge on any atom is -0.369 e. The van der Waals surface area contributed by atoms with Gasteiger partial charge in [0, 0.05) is 13.1 Å². The molecule has 1 aliphatic rings. The number of aliphatic imine (C=N–C) groups is 2. The van der Waals surface area contributed by atoms with Crippen molar-refractivity contribution < 1.29 is 0 Å². The fourth-order valence-electron chi connectivity index (χ4n) is 0.986. The fraction of sp³-hybridized carbons (Fsp3) is 0.714. The molecular formula is C7H15N5. The largest absolute Gasteiger partial charge is 0.369 e. The number of nitrogens with zero attached hydrogens (tertiary/aromatic N) is 3. The number of rotatable bonds is 1. The Bertz CT molecular complexity index is 218. The first-order valence-corrected chi connectivity index (χ1v) is 3.98. The zero-order chi connectivity index (χ0) is 9.14. The number of hydrogen-bond donors (Lipinski definition) is 2. The van der Waals surface area contributed by atoms with Gasteiger partial charge < -0.3 is 16.0 Å². The number of nitrogens with two attached hydrogens (primary N) is 1. The first-order chi connectivity index (χ1) is 5.65. The highest BCUT2D eigenvalue weighted by atomic mass is 15.4. The molecular weight excluding hydrogens is 154 g/mol. The number of hydrogen-bond acceptors (Lipinski definition) is 5. The maximum absolute atomic E-state index is 5.70. The van der Waals surface area contributed by atoms with Crippen LogP contribution in [-0.2, 0) is 0 Å². The predicted octanol–water partition coefficient (Wildman–Crippen LogP) is -0.442. The summed E-state index contributed by atoms with van der Waals surface area (Å²) in [4.78, 5) is 10.2. The van der Waals surface area contributed by atoms with Gasteiger partial charge in [0.2, 0.25) is 11.9 Å². The summed E-state index contributed by atoms with van der Waals surface area (Å²) >= 11 is 0. The van der Waals surface area contributed by atoms with Crippen LogP contribution in [-0.4, -0.2) is 36.6 Å². The molecule has 1 rings (SSSR count). The van der Waals surface area contributed by atoms with Crippen LogP contribution in [0.5, 0.6) is 0 Å². The highest BCUT2D eigenvalue weighted by Gasteiger charge is 2.15. The second kappa shape index (κ2) is 3.42. The summed E-state index contributed by atoms with van der Waals surface area (Å²) in [5.74, 6) is 1.13. The van der Waals surface area contributed by atoms with Crippen molar-refractivity contribution in [1.82, 2.24) is 10.2 Å². The van der Waals surface area contributed by atoms with E-state index in [4.69, 9.17) is 5.73 Å². The van der Waals surface area contributed by atoms with Crippen molar-refractivity contribution in [3.8, 4) is 0 Å². The van der Waals surface area contributed by atoms with Crippen molar-refractivity contribution in [3.05, 3.63) is 0 Å². The first-order valence-electron chi connectivity index (χ1n) is 3.98. The fourth-order valence-corrected chi connectivity index (χ4v) is 0.986. The topological polar surface area (TPSA) is 66.0 Å². The van der Waals surface area contributed by atoms with Crippen LogP contribution >= 0.6 is 0 Å². The van der Waals surface area contributed by atoms with Gasteiger partial charge in [-0.3, -0.25) is 0 Å². The molecule has 1 aliphatic heterocycles. The van der Waals surface area contributed by atoms with Gasteiger partial charge in [-0.2, -0.15) is 4.99 Å². The highest BCUT2D eigenvalue weighted by molar-refractivity contribution is 5.95. The molecule has 0 aliphatic carbocycles. The summed E-state index contributed by atoms with van der Waals surface area (Å²) in [6, 6.07) is 0.343. The smallest absolute Gasteiger partial charge is 0.222 e. The predicted molar refractivity (Wildman–Crippen MR) is 50.0 cm³/mol. The normalized spacial score (nSPS) is 17.5. The SMILES string of the molecule is CNC1=NCN(C(C)C)C(N)=N1. The Labute approximate surface area is 72.4 Å². The van der Waals surface area contributed by atoms with Gasteiger partial charge in [-0.05, 0) is 13.8 Å². The maximum Gasteiger partial charge on any atom is 0.222 e. The minimum atomic E-state index is 0.343. The van der Waals surface area contributed by atoms with Crippen molar-refractivity contribution in [2.75, 3.05) is 13.7 Å². The van der Waals surface area contributed by atoms with E-state index in [0.29, 0.717) is 24.6 Å². The Hall–Kier alpha value is -1.26. The summed E-state index contributed by atoms with van der Waals surface area (Å²) in [6.07, 6.45) is 0. The average Bonchev–Trinajstić information content (AvgIpc) is 2.03. The van der Waals surface area contributed by atoms with Gasteiger partial charge in [-0.1, -0.05) is 0 Å². The van der Waals surface area contributed by atoms with Crippen LogP contribution in [0, 0.1) is 0 Å². The van der Waals surface area contributed by atoms with E-state index in [9.17, 15) is 0 Å². The molecule has 0 fully saturated rings. The molecule has 0 radical (unpaired) electrons. The summed E-state index contributed by atoms with van der Waals surface area (Å²) in [7, 11) is 1.78. The molecule has 0 unspecified atom stereocenters. The van der Waals surface area contributed by atoms with Crippen molar-refractivity contribution in [2.24, 2.45) is 15.7 Å². The lowest BCUT2D eigenvalue weighted by molar-refractivity contribution is 0.352. The van der Waals surface area contributed by atoms with E-state index in [0.717, 1.165) is 0 Å². The van der Waals surface area contributed by atoms with Crippen molar-refractivity contribution in [2.45, 2.75) is 19.9 Å². The molecule has 0 atom stereocenters. The summed E-state index contributed by atoms with van der Waals surface area (Å²) in [5.41, 5.74) is 5.70. The van der Waals surface area contributed by atoms with E-state index >= 15 is 0 Å². The Morgan fingerprint density at radius 1 is 1.58 bits per heavy atom. The van der Waals surface area contributed by atoms with Crippen LogP contribution in [0.3, 0.4) is 0 Å². The van der Waals surface area contributed by atoms with E-state index in [1.54, 1.807) is 7.05 Å². The van der Waals surface area contributed by atoms with E-state index in [1.807, 2.05) is 4.90 Å². The second-order valence-corrected chi connectivity index (χ2v) is 2.91. The summed E-state index contributed by atoms with van der Waals surface area (Å²) in [6.45, 7) is 4.70. The monoisotopic (exact) mass is 169 g/mol. The van der Waals surface area contributed by atoms with Gasteiger partial charge in [0.05, 0.1) is 0 Å². The molecule has 0 aromatic carbocycles. The van der Waals surface area contributed by atoms with Crippen LogP contribution in [0.25, 0.3) is 0 Å². The first kappa shape index (κ1) is 8.83. The molecule has 12 heavy (non-hydrogen) atoms. The zero-order valence-corrected chi connectivity index (χ0v) is 7.70. The van der Waals surface area contributed by atoms with Crippen LogP contribution in [0.4, 0.5) is 0 Å². The van der Waals surface area contributed by atoms with Gasteiger partial charge in [-0.15, -0.1) is 0 Å². The molecule has 0 saturated carbocycles. The zero-order valence-electron chi connectivity index (χ0n) is 7.70. The van der Waals surface area contributed by atoms with E-state index in [1.165, 1.54) is 0 Å². The molecule has 1 heterocycles. The molecule has 0 spiro atoms. The van der Waals surface area contributed by atoms with Crippen molar-refractivity contribution in [3.63, 3.8) is 0 Å². The lowest BCUT2D eigenvalue weighted by Crippen LogP contribution is -2.46. The average molecular weight is 169 g/mol. The summed E-state index contributed by atoms with van der Waals surface area (Å²) < 4.78 is 0. The molecule has 5 nitrogen and oxygen atoms in total. The van der Waals surface area contributed by atoms with E-state index in [2.05, 4.69) is 29.1 Å². The van der Waals surface area contributed by atoms with Crippen LogP contribution in [0.15, 0.2) is 9.98 Å². The molecule has 0 amide bonds. The van der Waals surface area contributed by atoms with Gasteiger partial charge in [0.15, 0.2) is 0 Å². The molecule has 68 valence electrons. The quantitative estimate of drug-likeness (QED) is 0.559. The van der Waals surface area contributed by atoms with Gasteiger partial charge in [0.25, 0.3) is 0 Å². The Kier molecular flexibility index (Phi) is 2.52. The summed E-state index contributed by atoms with van der Waals surface area (Å²) in [5, 5.41) is 2.85. The molecule has 0 bridgehead atoms. The third-order valence-electron chi connectivity index (χ3n) is 1.73. The van der Waals surface area contributed by atoms with E-state index in [-0.39, 0.29) is 0 Å². The second-order valence-electron chi connectivity index (χ2n) is 2.91. The molecule has 0 aromatic heterocycles.